The molecule has 0 aliphatic rings. The van der Waals surface area contributed by atoms with Crippen molar-refractivity contribution in [3.8, 4) is 0 Å². The lowest BCUT2D eigenvalue weighted by Gasteiger charge is -2.08. The van der Waals surface area contributed by atoms with Gasteiger partial charge in [-0.15, -0.1) is 0 Å². The van der Waals surface area contributed by atoms with Crippen molar-refractivity contribution in [2.45, 2.75) is 32.6 Å². The van der Waals surface area contributed by atoms with E-state index in [2.05, 4.69) is 59.5 Å². The van der Waals surface area contributed by atoms with Crippen LogP contribution in [-0.2, 0) is 11.2 Å². The molecule has 0 saturated heterocycles. The average Bonchev–Trinajstić information content (AvgIpc) is 3.05. The maximum atomic E-state index is 12.3. The second-order valence-corrected chi connectivity index (χ2v) is 7.22. The molecule has 136 valence electrons. The van der Waals surface area contributed by atoms with Crippen LogP contribution in [0.5, 0.6) is 0 Å². The Balaban J connectivity index is 1.43. The lowest BCUT2D eigenvalue weighted by Crippen LogP contribution is -2.12. The highest BCUT2D eigenvalue weighted by Crippen LogP contribution is 2.25. The van der Waals surface area contributed by atoms with Crippen molar-refractivity contribution in [1.82, 2.24) is 9.97 Å². The number of anilines is 1. The number of benzene rings is 2. The summed E-state index contributed by atoms with van der Waals surface area (Å²) in [6.45, 7) is 4.32. The first-order valence-electron chi connectivity index (χ1n) is 9.35. The zero-order valence-corrected chi connectivity index (χ0v) is 15.6. The molecule has 2 heterocycles. The lowest BCUT2D eigenvalue weighted by molar-refractivity contribution is -0.116. The van der Waals surface area contributed by atoms with Crippen LogP contribution in [0.25, 0.3) is 21.8 Å². The van der Waals surface area contributed by atoms with Gasteiger partial charge in [0.2, 0.25) is 5.91 Å². The van der Waals surface area contributed by atoms with Gasteiger partial charge in [0.25, 0.3) is 0 Å². The largest absolute Gasteiger partial charge is 0.353 e. The van der Waals surface area contributed by atoms with Crippen molar-refractivity contribution >= 4 is 33.4 Å². The molecule has 2 aromatic carbocycles. The monoisotopic (exact) mass is 357 g/mol. The molecule has 0 bridgehead atoms. The molecule has 0 saturated carbocycles. The number of hydrogen-bond donors (Lipinski definition) is 2. The number of H-pyrrole nitrogens is 1. The van der Waals surface area contributed by atoms with E-state index in [0.717, 1.165) is 27.8 Å². The quantitative estimate of drug-likeness (QED) is 0.502. The lowest BCUT2D eigenvalue weighted by atomic mass is 10.0. The number of hydrogen-bond acceptors (Lipinski definition) is 2. The number of carbonyl (C=O) groups excluding carboxylic acids is 1. The summed E-state index contributed by atoms with van der Waals surface area (Å²) < 4.78 is 0. The molecule has 0 radical (unpaired) electrons. The van der Waals surface area contributed by atoms with Crippen LogP contribution >= 0.6 is 0 Å². The molecule has 0 fully saturated rings. The van der Waals surface area contributed by atoms with E-state index in [1.54, 1.807) is 0 Å². The van der Waals surface area contributed by atoms with Crippen LogP contribution in [0, 0.1) is 0 Å². The second-order valence-electron chi connectivity index (χ2n) is 7.22. The van der Waals surface area contributed by atoms with Gasteiger partial charge >= 0.3 is 0 Å². The Bertz CT molecular complexity index is 1090. The van der Waals surface area contributed by atoms with Gasteiger partial charge in [-0.3, -0.25) is 9.78 Å². The van der Waals surface area contributed by atoms with Crippen LogP contribution in [0.4, 0.5) is 5.69 Å². The molecule has 27 heavy (non-hydrogen) atoms. The predicted molar refractivity (Wildman–Crippen MR) is 111 cm³/mol. The van der Waals surface area contributed by atoms with Gasteiger partial charge in [0, 0.05) is 34.1 Å². The predicted octanol–water partition coefficient (Wildman–Crippen LogP) is 5.41. The Morgan fingerprint density at radius 2 is 1.81 bits per heavy atom. The maximum Gasteiger partial charge on any atom is 0.224 e. The van der Waals surface area contributed by atoms with E-state index in [1.165, 1.54) is 10.9 Å². The van der Waals surface area contributed by atoms with Gasteiger partial charge in [0.15, 0.2) is 0 Å². The van der Waals surface area contributed by atoms with E-state index in [-0.39, 0.29) is 5.91 Å². The number of nitrogens with zero attached hydrogens (tertiary/aromatic N) is 1. The number of para-hydroxylation sites is 1. The fourth-order valence-corrected chi connectivity index (χ4v) is 3.35. The molecule has 1 amide bonds. The van der Waals surface area contributed by atoms with Crippen molar-refractivity contribution in [3.63, 3.8) is 0 Å². The van der Waals surface area contributed by atoms with Crippen LogP contribution in [0.15, 0.2) is 60.8 Å². The highest BCUT2D eigenvalue weighted by molar-refractivity contribution is 6.07. The minimum absolute atomic E-state index is 0.00752. The smallest absolute Gasteiger partial charge is 0.224 e. The zero-order chi connectivity index (χ0) is 18.8. The van der Waals surface area contributed by atoms with E-state index < -0.39 is 0 Å². The fraction of sp³-hybridized carbons (Fsp3) is 0.217. The molecule has 2 aromatic heterocycles. The van der Waals surface area contributed by atoms with Crippen LogP contribution in [0.3, 0.4) is 0 Å². The van der Waals surface area contributed by atoms with Crippen molar-refractivity contribution in [2.75, 3.05) is 5.32 Å². The number of aromatic nitrogens is 2. The number of carbonyl (C=O) groups is 1. The third kappa shape index (κ3) is 3.70. The number of rotatable bonds is 5. The Hall–Kier alpha value is -3.14. The number of pyridine rings is 1. The van der Waals surface area contributed by atoms with Gasteiger partial charge in [0.05, 0.1) is 11.7 Å². The van der Waals surface area contributed by atoms with Crippen LogP contribution in [-0.4, -0.2) is 15.9 Å². The average molecular weight is 357 g/mol. The van der Waals surface area contributed by atoms with Crippen molar-refractivity contribution in [2.24, 2.45) is 0 Å². The van der Waals surface area contributed by atoms with Crippen LogP contribution < -0.4 is 5.32 Å². The Morgan fingerprint density at radius 1 is 1.04 bits per heavy atom. The van der Waals surface area contributed by atoms with Crippen LogP contribution in [0.2, 0.25) is 0 Å². The maximum absolute atomic E-state index is 12.3. The van der Waals surface area contributed by atoms with Gasteiger partial charge in [0.1, 0.15) is 0 Å². The molecule has 2 N–H and O–H groups in total. The van der Waals surface area contributed by atoms with E-state index in [0.29, 0.717) is 18.8 Å². The third-order valence-corrected chi connectivity index (χ3v) is 4.92. The van der Waals surface area contributed by atoms with E-state index >= 15 is 0 Å². The first-order valence-corrected chi connectivity index (χ1v) is 9.35. The summed E-state index contributed by atoms with van der Waals surface area (Å²) in [5.41, 5.74) is 5.16. The highest BCUT2D eigenvalue weighted by atomic mass is 16.1. The first-order chi connectivity index (χ1) is 13.1. The first kappa shape index (κ1) is 17.3. The normalized spacial score (nSPS) is 11.4. The summed E-state index contributed by atoms with van der Waals surface area (Å²) in [7, 11) is 0. The van der Waals surface area contributed by atoms with Gasteiger partial charge < -0.3 is 10.3 Å². The SMILES string of the molecule is CC(C)c1ccc(NC(=O)CCc2cc3c(cn2)[nH]c2ccccc23)cc1. The standard InChI is InChI=1S/C23H23N3O/c1-15(2)16-7-9-17(10-8-16)25-23(27)12-11-18-13-20-19-5-3-4-6-21(19)26-22(20)14-24-18/h3-10,13-15,26H,11-12H2,1-2H3,(H,25,27). The number of aromatic amines is 1. The van der Waals surface area contributed by atoms with Gasteiger partial charge in [-0.2, -0.15) is 0 Å². The summed E-state index contributed by atoms with van der Waals surface area (Å²) in [5.74, 6) is 0.494. The molecule has 4 aromatic rings. The van der Waals surface area contributed by atoms with E-state index in [1.807, 2.05) is 30.5 Å². The summed E-state index contributed by atoms with van der Waals surface area (Å²) in [5, 5.41) is 5.31. The fourth-order valence-electron chi connectivity index (χ4n) is 3.35. The number of aryl methyl sites for hydroxylation is 1. The molecule has 4 rings (SSSR count). The molecule has 0 unspecified atom stereocenters. The topological polar surface area (TPSA) is 57.8 Å². The molecule has 0 spiro atoms. The molecule has 4 nitrogen and oxygen atoms in total. The van der Waals surface area contributed by atoms with Crippen LogP contribution in [0.1, 0.15) is 37.4 Å². The highest BCUT2D eigenvalue weighted by Gasteiger charge is 2.08. The Morgan fingerprint density at radius 3 is 2.59 bits per heavy atom. The Labute approximate surface area is 158 Å². The second kappa shape index (κ2) is 7.23. The van der Waals surface area contributed by atoms with Crippen molar-refractivity contribution < 1.29 is 4.79 Å². The molecular weight excluding hydrogens is 334 g/mol. The van der Waals surface area contributed by atoms with Gasteiger partial charge in [-0.05, 0) is 42.2 Å². The van der Waals surface area contributed by atoms with E-state index in [9.17, 15) is 4.79 Å². The number of nitrogens with one attached hydrogen (secondary N) is 2. The minimum Gasteiger partial charge on any atom is -0.353 e. The molecule has 0 atom stereocenters. The third-order valence-electron chi connectivity index (χ3n) is 4.92. The molecule has 0 aliphatic heterocycles. The molecule has 4 heteroatoms. The summed E-state index contributed by atoms with van der Waals surface area (Å²) in [6, 6.07) is 18.3. The van der Waals surface area contributed by atoms with Crippen molar-refractivity contribution in [1.29, 1.82) is 0 Å². The van der Waals surface area contributed by atoms with E-state index in [4.69, 9.17) is 0 Å². The Kier molecular flexibility index (Phi) is 4.63. The summed E-state index contributed by atoms with van der Waals surface area (Å²) in [4.78, 5) is 20.2. The molecular formula is C23H23N3O. The zero-order valence-electron chi connectivity index (χ0n) is 15.6. The van der Waals surface area contributed by atoms with Crippen molar-refractivity contribution in [3.05, 3.63) is 72.1 Å². The molecule has 0 aliphatic carbocycles. The van der Waals surface area contributed by atoms with Gasteiger partial charge in [-0.1, -0.05) is 44.2 Å². The van der Waals surface area contributed by atoms with Gasteiger partial charge in [-0.25, -0.2) is 0 Å². The summed E-state index contributed by atoms with van der Waals surface area (Å²) >= 11 is 0. The summed E-state index contributed by atoms with van der Waals surface area (Å²) in [6.07, 6.45) is 2.88. The number of fused-ring (bicyclic) bond motifs is 3. The number of amides is 1. The minimum atomic E-state index is 0.00752.